The number of aromatic nitrogens is 2. The van der Waals surface area contributed by atoms with Gasteiger partial charge in [0.25, 0.3) is 0 Å². The Bertz CT molecular complexity index is 1880. The van der Waals surface area contributed by atoms with Crippen LogP contribution in [-0.4, -0.2) is 9.97 Å². The molecule has 0 atom stereocenters. The Morgan fingerprint density at radius 3 is 1.60 bits per heavy atom. The van der Waals surface area contributed by atoms with Crippen molar-refractivity contribution >= 4 is 21.5 Å². The molecule has 0 amide bonds. The van der Waals surface area contributed by atoms with E-state index < -0.39 is 0 Å². The SMILES string of the molecule is CC(C)(C)c1c2c(c(C(C)(C)C)c3ccccc13)-c1ccc(-c3cccc(-c4ccccn4)n3)c3cccc-2c13. The smallest absolute Gasteiger partial charge is 0.0893 e. The van der Waals surface area contributed by atoms with Crippen molar-refractivity contribution in [2.45, 2.75) is 52.4 Å². The summed E-state index contributed by atoms with van der Waals surface area (Å²) in [4.78, 5) is 9.63. The summed E-state index contributed by atoms with van der Waals surface area (Å²) in [6.45, 7) is 14.1. The average molecular weight is 519 g/mol. The Morgan fingerprint density at radius 2 is 0.975 bits per heavy atom. The van der Waals surface area contributed by atoms with Crippen LogP contribution in [0.1, 0.15) is 52.7 Å². The van der Waals surface area contributed by atoms with Crippen LogP contribution in [0.15, 0.2) is 97.2 Å². The number of pyridine rings is 2. The van der Waals surface area contributed by atoms with Gasteiger partial charge in [-0.15, -0.1) is 0 Å². The van der Waals surface area contributed by atoms with E-state index in [1.165, 1.54) is 54.9 Å². The van der Waals surface area contributed by atoms with Crippen LogP contribution in [0.25, 0.3) is 66.4 Å². The van der Waals surface area contributed by atoms with E-state index in [1.807, 2.05) is 30.5 Å². The van der Waals surface area contributed by atoms with E-state index in [0.717, 1.165) is 22.6 Å². The predicted molar refractivity (Wildman–Crippen MR) is 170 cm³/mol. The molecule has 2 aromatic heterocycles. The molecule has 0 N–H and O–H groups in total. The van der Waals surface area contributed by atoms with Crippen molar-refractivity contribution in [2.24, 2.45) is 0 Å². The molecule has 0 aliphatic heterocycles. The van der Waals surface area contributed by atoms with Crippen LogP contribution in [0.2, 0.25) is 0 Å². The lowest BCUT2D eigenvalue weighted by atomic mass is 9.72. The predicted octanol–water partition coefficient (Wildman–Crippen LogP) is 10.4. The molecule has 6 aromatic rings. The van der Waals surface area contributed by atoms with E-state index in [2.05, 4.69) is 113 Å². The maximum absolute atomic E-state index is 5.09. The fraction of sp³-hybridized carbons (Fsp3) is 0.211. The monoisotopic (exact) mass is 518 g/mol. The summed E-state index contributed by atoms with van der Waals surface area (Å²) in [6.07, 6.45) is 1.82. The van der Waals surface area contributed by atoms with Crippen molar-refractivity contribution in [1.82, 2.24) is 9.97 Å². The number of hydrogen-bond donors (Lipinski definition) is 0. The highest BCUT2D eigenvalue weighted by Crippen LogP contribution is 2.57. The van der Waals surface area contributed by atoms with Crippen LogP contribution in [0.5, 0.6) is 0 Å². The second kappa shape index (κ2) is 8.60. The first-order valence-corrected chi connectivity index (χ1v) is 14.2. The Labute approximate surface area is 236 Å². The molecule has 2 nitrogen and oxygen atoms in total. The van der Waals surface area contributed by atoms with Crippen molar-refractivity contribution in [3.8, 4) is 44.9 Å². The number of rotatable bonds is 2. The van der Waals surface area contributed by atoms with Gasteiger partial charge in [-0.25, -0.2) is 4.98 Å². The summed E-state index contributed by atoms with van der Waals surface area (Å²) in [5.74, 6) is 0. The minimum atomic E-state index is -0.0221. The normalized spacial score (nSPS) is 12.8. The first kappa shape index (κ1) is 24.7. The molecular weight excluding hydrogens is 484 g/mol. The van der Waals surface area contributed by atoms with Crippen LogP contribution < -0.4 is 0 Å². The van der Waals surface area contributed by atoms with Gasteiger partial charge in [-0.2, -0.15) is 0 Å². The summed E-state index contributed by atoms with van der Waals surface area (Å²) in [5.41, 5.74) is 12.2. The van der Waals surface area contributed by atoms with Gasteiger partial charge in [-0.1, -0.05) is 108 Å². The summed E-state index contributed by atoms with van der Waals surface area (Å²) in [6, 6.07) is 32.7. The van der Waals surface area contributed by atoms with Crippen molar-refractivity contribution < 1.29 is 0 Å². The maximum atomic E-state index is 5.09. The first-order valence-electron chi connectivity index (χ1n) is 14.2. The van der Waals surface area contributed by atoms with Crippen molar-refractivity contribution in [1.29, 1.82) is 0 Å². The van der Waals surface area contributed by atoms with Gasteiger partial charge in [0.2, 0.25) is 0 Å². The molecule has 0 saturated carbocycles. The molecule has 40 heavy (non-hydrogen) atoms. The Hall–Kier alpha value is -4.30. The van der Waals surface area contributed by atoms with Gasteiger partial charge in [0.1, 0.15) is 0 Å². The lowest BCUT2D eigenvalue weighted by Gasteiger charge is -2.32. The molecule has 0 saturated heterocycles. The van der Waals surface area contributed by atoms with Crippen LogP contribution in [-0.2, 0) is 10.8 Å². The third kappa shape index (κ3) is 3.63. The number of nitrogens with zero attached hydrogens (tertiary/aromatic N) is 2. The second-order valence-corrected chi connectivity index (χ2v) is 13.1. The van der Waals surface area contributed by atoms with Gasteiger partial charge < -0.3 is 0 Å². The molecular formula is C38H34N2. The molecule has 2 heteroatoms. The molecule has 4 aromatic carbocycles. The molecule has 0 radical (unpaired) electrons. The van der Waals surface area contributed by atoms with E-state index in [1.54, 1.807) is 0 Å². The quantitative estimate of drug-likeness (QED) is 0.227. The third-order valence-corrected chi connectivity index (χ3v) is 8.25. The van der Waals surface area contributed by atoms with Gasteiger partial charge in [0, 0.05) is 11.8 Å². The standard InChI is InChI=1S/C38H34N2/c1-37(2,3)35-25-13-7-8-14-26(25)36(38(4,5)6)34-28-21-20-23(24-15-11-16-27(32(24)28)33(34)35)29-18-12-19-31(40-29)30-17-9-10-22-39-30/h7-22H,1-6H3. The molecule has 0 fully saturated rings. The Balaban J connectivity index is 1.58. The van der Waals surface area contributed by atoms with Crippen LogP contribution >= 0.6 is 0 Å². The highest BCUT2D eigenvalue weighted by Gasteiger charge is 2.36. The van der Waals surface area contributed by atoms with E-state index in [0.29, 0.717) is 0 Å². The molecule has 1 aliphatic rings. The fourth-order valence-electron chi connectivity index (χ4n) is 6.82. The van der Waals surface area contributed by atoms with Crippen LogP contribution in [0.4, 0.5) is 0 Å². The minimum Gasteiger partial charge on any atom is -0.255 e. The first-order chi connectivity index (χ1) is 19.1. The van der Waals surface area contributed by atoms with Gasteiger partial charge in [-0.3, -0.25) is 4.98 Å². The van der Waals surface area contributed by atoms with Crippen molar-refractivity contribution in [2.75, 3.05) is 0 Å². The van der Waals surface area contributed by atoms with Gasteiger partial charge in [0.05, 0.1) is 17.1 Å². The minimum absolute atomic E-state index is 0.0221. The van der Waals surface area contributed by atoms with Gasteiger partial charge >= 0.3 is 0 Å². The average Bonchev–Trinajstić information content (AvgIpc) is 3.26. The summed E-state index contributed by atoms with van der Waals surface area (Å²) < 4.78 is 0. The third-order valence-electron chi connectivity index (χ3n) is 8.25. The fourth-order valence-corrected chi connectivity index (χ4v) is 6.82. The highest BCUT2D eigenvalue weighted by atomic mass is 14.8. The zero-order valence-electron chi connectivity index (χ0n) is 24.1. The topological polar surface area (TPSA) is 25.8 Å². The zero-order chi connectivity index (χ0) is 27.8. The molecule has 0 bridgehead atoms. The largest absolute Gasteiger partial charge is 0.255 e. The Morgan fingerprint density at radius 1 is 0.450 bits per heavy atom. The molecule has 2 heterocycles. The lowest BCUT2D eigenvalue weighted by molar-refractivity contribution is 0.588. The number of benzene rings is 4. The van der Waals surface area contributed by atoms with E-state index in [9.17, 15) is 0 Å². The highest BCUT2D eigenvalue weighted by molar-refractivity contribution is 6.22. The second-order valence-electron chi connectivity index (χ2n) is 13.1. The molecule has 0 spiro atoms. The lowest BCUT2D eigenvalue weighted by Crippen LogP contribution is -2.18. The summed E-state index contributed by atoms with van der Waals surface area (Å²) in [5, 5.41) is 5.33. The molecule has 1 aliphatic carbocycles. The maximum Gasteiger partial charge on any atom is 0.0893 e. The zero-order valence-corrected chi connectivity index (χ0v) is 24.1. The van der Waals surface area contributed by atoms with E-state index in [4.69, 9.17) is 4.98 Å². The van der Waals surface area contributed by atoms with E-state index in [-0.39, 0.29) is 10.8 Å². The molecule has 0 unspecified atom stereocenters. The van der Waals surface area contributed by atoms with Gasteiger partial charge in [-0.05, 0) is 90.0 Å². The van der Waals surface area contributed by atoms with Crippen LogP contribution in [0, 0.1) is 0 Å². The summed E-state index contributed by atoms with van der Waals surface area (Å²) in [7, 11) is 0. The molecule has 7 rings (SSSR count). The Kier molecular flexibility index (Phi) is 5.31. The summed E-state index contributed by atoms with van der Waals surface area (Å²) >= 11 is 0. The molecule has 196 valence electrons. The number of fused-ring (bicyclic) bond motifs is 4. The van der Waals surface area contributed by atoms with Gasteiger partial charge in [0.15, 0.2) is 0 Å². The van der Waals surface area contributed by atoms with Crippen LogP contribution in [0.3, 0.4) is 0 Å². The van der Waals surface area contributed by atoms with Crippen molar-refractivity contribution in [3.63, 3.8) is 0 Å². The van der Waals surface area contributed by atoms with E-state index >= 15 is 0 Å². The van der Waals surface area contributed by atoms with Crippen molar-refractivity contribution in [3.05, 3.63) is 108 Å². The number of hydrogen-bond acceptors (Lipinski definition) is 2.